The van der Waals surface area contributed by atoms with Gasteiger partial charge in [-0.05, 0) is 38.5 Å². The predicted octanol–water partition coefficient (Wildman–Crippen LogP) is 4.19. The Kier molecular flexibility index (Phi) is 7.45. The van der Waals surface area contributed by atoms with E-state index in [-0.39, 0.29) is 11.9 Å². The molecule has 0 aliphatic carbocycles. The van der Waals surface area contributed by atoms with Crippen LogP contribution < -0.4 is 10.1 Å². The van der Waals surface area contributed by atoms with E-state index in [9.17, 15) is 4.79 Å². The minimum absolute atomic E-state index is 0.0889. The summed E-state index contributed by atoms with van der Waals surface area (Å²) >= 11 is 5.88. The Balaban J connectivity index is 2.39. The zero-order valence-electron chi connectivity index (χ0n) is 12.5. The normalized spacial score (nSPS) is 13.6. The van der Waals surface area contributed by atoms with Gasteiger partial charge in [0.15, 0.2) is 6.10 Å². The second-order valence-corrected chi connectivity index (χ2v) is 5.56. The summed E-state index contributed by atoms with van der Waals surface area (Å²) in [4.78, 5) is 12.0. The van der Waals surface area contributed by atoms with Gasteiger partial charge in [0.25, 0.3) is 5.91 Å². The first-order valence-electron chi connectivity index (χ1n) is 7.25. The molecule has 0 fully saturated rings. The summed E-state index contributed by atoms with van der Waals surface area (Å²) in [5.74, 6) is 0.521. The van der Waals surface area contributed by atoms with Crippen molar-refractivity contribution in [1.29, 1.82) is 0 Å². The maximum Gasteiger partial charge on any atom is 0.260 e. The van der Waals surface area contributed by atoms with Crippen LogP contribution >= 0.6 is 11.6 Å². The number of carbonyl (C=O) groups is 1. The fourth-order valence-corrected chi connectivity index (χ4v) is 2.11. The maximum atomic E-state index is 12.0. The molecule has 112 valence electrons. The molecule has 0 aliphatic heterocycles. The van der Waals surface area contributed by atoms with Gasteiger partial charge in [0, 0.05) is 11.1 Å². The zero-order valence-corrected chi connectivity index (χ0v) is 13.2. The molecule has 1 N–H and O–H groups in total. The molecule has 0 heterocycles. The SMILES string of the molecule is CCCCCC(C)NC(=O)C(C)Oc1cccc(Cl)c1. The molecule has 4 heteroatoms. The van der Waals surface area contributed by atoms with Gasteiger partial charge in [0.2, 0.25) is 0 Å². The fourth-order valence-electron chi connectivity index (χ4n) is 1.93. The maximum absolute atomic E-state index is 12.0. The fraction of sp³-hybridized carbons (Fsp3) is 0.562. The summed E-state index contributed by atoms with van der Waals surface area (Å²) in [6.45, 7) is 5.94. The number of halogens is 1. The summed E-state index contributed by atoms with van der Waals surface area (Å²) in [5, 5.41) is 3.58. The van der Waals surface area contributed by atoms with E-state index in [0.717, 1.165) is 12.8 Å². The molecule has 0 aromatic heterocycles. The number of hydrogen-bond donors (Lipinski definition) is 1. The number of carbonyl (C=O) groups excluding carboxylic acids is 1. The zero-order chi connectivity index (χ0) is 15.0. The van der Waals surface area contributed by atoms with Gasteiger partial charge in [-0.1, -0.05) is 43.9 Å². The topological polar surface area (TPSA) is 38.3 Å². The third kappa shape index (κ3) is 6.29. The summed E-state index contributed by atoms with van der Waals surface area (Å²) in [6.07, 6.45) is 4.01. The lowest BCUT2D eigenvalue weighted by atomic mass is 10.1. The number of nitrogens with one attached hydrogen (secondary N) is 1. The number of unbranched alkanes of at least 4 members (excludes halogenated alkanes) is 2. The van der Waals surface area contributed by atoms with Gasteiger partial charge in [-0.25, -0.2) is 0 Å². The van der Waals surface area contributed by atoms with Crippen LogP contribution in [0.25, 0.3) is 0 Å². The molecule has 1 aromatic rings. The monoisotopic (exact) mass is 297 g/mol. The van der Waals surface area contributed by atoms with Crippen LogP contribution in [-0.2, 0) is 4.79 Å². The molecule has 2 atom stereocenters. The highest BCUT2D eigenvalue weighted by Crippen LogP contribution is 2.18. The molecule has 0 spiro atoms. The lowest BCUT2D eigenvalue weighted by molar-refractivity contribution is -0.127. The smallest absolute Gasteiger partial charge is 0.260 e. The Morgan fingerprint density at radius 1 is 1.35 bits per heavy atom. The molecule has 2 unspecified atom stereocenters. The van der Waals surface area contributed by atoms with Crippen LogP contribution in [0.5, 0.6) is 5.75 Å². The molecule has 1 aromatic carbocycles. The van der Waals surface area contributed by atoms with Crippen molar-refractivity contribution in [1.82, 2.24) is 5.32 Å². The second-order valence-electron chi connectivity index (χ2n) is 5.12. The van der Waals surface area contributed by atoms with Crippen molar-refractivity contribution in [2.24, 2.45) is 0 Å². The van der Waals surface area contributed by atoms with Crippen molar-refractivity contribution in [2.75, 3.05) is 0 Å². The van der Waals surface area contributed by atoms with E-state index in [0.29, 0.717) is 10.8 Å². The molecule has 3 nitrogen and oxygen atoms in total. The number of amides is 1. The summed E-state index contributed by atoms with van der Waals surface area (Å²) < 4.78 is 5.59. The number of ether oxygens (including phenoxy) is 1. The molecule has 0 saturated heterocycles. The number of rotatable bonds is 8. The minimum atomic E-state index is -0.526. The largest absolute Gasteiger partial charge is 0.481 e. The van der Waals surface area contributed by atoms with Crippen molar-refractivity contribution >= 4 is 17.5 Å². The Morgan fingerprint density at radius 2 is 2.10 bits per heavy atom. The lowest BCUT2D eigenvalue weighted by Crippen LogP contribution is -2.41. The van der Waals surface area contributed by atoms with Crippen molar-refractivity contribution in [3.8, 4) is 5.75 Å². The molecule has 1 amide bonds. The quantitative estimate of drug-likeness (QED) is 0.731. The highest BCUT2D eigenvalue weighted by atomic mass is 35.5. The van der Waals surface area contributed by atoms with E-state index < -0.39 is 6.10 Å². The van der Waals surface area contributed by atoms with E-state index in [4.69, 9.17) is 16.3 Å². The van der Waals surface area contributed by atoms with Gasteiger partial charge >= 0.3 is 0 Å². The number of benzene rings is 1. The molecule has 0 radical (unpaired) electrons. The average molecular weight is 298 g/mol. The van der Waals surface area contributed by atoms with Gasteiger partial charge in [-0.3, -0.25) is 4.79 Å². The van der Waals surface area contributed by atoms with Crippen molar-refractivity contribution in [2.45, 2.75) is 58.6 Å². The highest BCUT2D eigenvalue weighted by Gasteiger charge is 2.16. The van der Waals surface area contributed by atoms with E-state index in [1.165, 1.54) is 12.8 Å². The van der Waals surface area contributed by atoms with E-state index in [1.807, 2.05) is 6.92 Å². The van der Waals surface area contributed by atoms with Crippen LogP contribution in [0.15, 0.2) is 24.3 Å². The van der Waals surface area contributed by atoms with Gasteiger partial charge < -0.3 is 10.1 Å². The Hall–Kier alpha value is -1.22. The molecular weight excluding hydrogens is 274 g/mol. The first-order valence-corrected chi connectivity index (χ1v) is 7.63. The Bertz CT molecular complexity index is 423. The molecule has 0 aliphatic rings. The first kappa shape index (κ1) is 16.8. The lowest BCUT2D eigenvalue weighted by Gasteiger charge is -2.18. The van der Waals surface area contributed by atoms with Gasteiger partial charge in [-0.2, -0.15) is 0 Å². The van der Waals surface area contributed by atoms with Crippen LogP contribution in [0.3, 0.4) is 0 Å². The molecule has 1 rings (SSSR count). The van der Waals surface area contributed by atoms with Gasteiger partial charge in [0.05, 0.1) is 0 Å². The third-order valence-electron chi connectivity index (χ3n) is 3.11. The van der Waals surface area contributed by atoms with Crippen molar-refractivity contribution in [3.05, 3.63) is 29.3 Å². The number of hydrogen-bond acceptors (Lipinski definition) is 2. The van der Waals surface area contributed by atoms with Crippen molar-refractivity contribution in [3.63, 3.8) is 0 Å². The van der Waals surface area contributed by atoms with E-state index in [2.05, 4.69) is 12.2 Å². The standard InChI is InChI=1S/C16H24ClNO2/c1-4-5-6-8-12(2)18-16(19)13(3)20-15-10-7-9-14(17)11-15/h7,9-13H,4-6,8H2,1-3H3,(H,18,19). The van der Waals surface area contributed by atoms with Crippen LogP contribution in [0.2, 0.25) is 5.02 Å². The average Bonchev–Trinajstić information content (AvgIpc) is 2.38. The third-order valence-corrected chi connectivity index (χ3v) is 3.34. The second kappa shape index (κ2) is 8.85. The van der Waals surface area contributed by atoms with Crippen LogP contribution in [-0.4, -0.2) is 18.1 Å². The first-order chi connectivity index (χ1) is 9.52. The van der Waals surface area contributed by atoms with E-state index >= 15 is 0 Å². The minimum Gasteiger partial charge on any atom is -0.481 e. The van der Waals surface area contributed by atoms with Crippen molar-refractivity contribution < 1.29 is 9.53 Å². The van der Waals surface area contributed by atoms with Crippen LogP contribution in [0, 0.1) is 0 Å². The Morgan fingerprint density at radius 3 is 2.75 bits per heavy atom. The molecule has 20 heavy (non-hydrogen) atoms. The molecule has 0 bridgehead atoms. The Labute approximate surface area is 126 Å². The highest BCUT2D eigenvalue weighted by molar-refractivity contribution is 6.30. The van der Waals surface area contributed by atoms with Crippen LogP contribution in [0.1, 0.15) is 46.5 Å². The molecule has 0 saturated carbocycles. The summed E-state index contributed by atoms with van der Waals surface area (Å²) in [7, 11) is 0. The van der Waals surface area contributed by atoms with Gasteiger partial charge in [-0.15, -0.1) is 0 Å². The predicted molar refractivity (Wildman–Crippen MR) is 83.3 cm³/mol. The van der Waals surface area contributed by atoms with Crippen LogP contribution in [0.4, 0.5) is 0 Å². The van der Waals surface area contributed by atoms with Gasteiger partial charge in [0.1, 0.15) is 5.75 Å². The molecular formula is C16H24ClNO2. The summed E-state index contributed by atoms with van der Waals surface area (Å²) in [5.41, 5.74) is 0. The van der Waals surface area contributed by atoms with E-state index in [1.54, 1.807) is 31.2 Å². The summed E-state index contributed by atoms with van der Waals surface area (Å²) in [6, 6.07) is 7.25.